The molecule has 2 N–H and O–H groups in total. The lowest BCUT2D eigenvalue weighted by Gasteiger charge is -2.02. The zero-order chi connectivity index (χ0) is 18.1. The minimum Gasteiger partial charge on any atom is -0.289 e. The van der Waals surface area contributed by atoms with E-state index in [1.54, 1.807) is 6.92 Å². The number of hydrogen-bond acceptors (Lipinski definition) is 5. The Balaban J connectivity index is 1.96. The molecule has 1 amide bonds. The van der Waals surface area contributed by atoms with Gasteiger partial charge in [0.2, 0.25) is 5.95 Å². The third-order valence-corrected chi connectivity index (χ3v) is 3.55. The summed E-state index contributed by atoms with van der Waals surface area (Å²) in [4.78, 5) is 36.1. The number of aryl methyl sites for hydroxylation is 1. The first-order valence-electron chi connectivity index (χ1n) is 7.51. The Bertz CT molecular complexity index is 1030. The highest BCUT2D eigenvalue weighted by Crippen LogP contribution is 2.10. The van der Waals surface area contributed by atoms with Crippen LogP contribution in [0.5, 0.6) is 0 Å². The number of rotatable bonds is 4. The van der Waals surface area contributed by atoms with Crippen LogP contribution < -0.4 is 10.9 Å². The molecule has 0 unspecified atom stereocenters. The van der Waals surface area contributed by atoms with E-state index < -0.39 is 23.2 Å². The Hall–Kier alpha value is -3.17. The summed E-state index contributed by atoms with van der Waals surface area (Å²) < 4.78 is 27.6. The van der Waals surface area contributed by atoms with Crippen LogP contribution in [-0.4, -0.2) is 30.5 Å². The lowest BCUT2D eigenvalue weighted by molar-refractivity contribution is 0.101. The van der Waals surface area contributed by atoms with Gasteiger partial charge >= 0.3 is 0 Å². The fourth-order valence-corrected chi connectivity index (χ4v) is 2.40. The van der Waals surface area contributed by atoms with Crippen molar-refractivity contribution in [2.24, 2.45) is 0 Å². The SMILES string of the molecule is CCCc1c(C)nc2nc(NC(=O)c3ncc(F)cc3F)[nH]n2c1=O. The smallest absolute Gasteiger partial charge is 0.279 e. The van der Waals surface area contributed by atoms with Crippen molar-refractivity contribution in [3.8, 4) is 0 Å². The number of aromatic nitrogens is 5. The third kappa shape index (κ3) is 3.10. The number of H-pyrrole nitrogens is 1. The Morgan fingerprint density at radius 2 is 2.12 bits per heavy atom. The Morgan fingerprint density at radius 3 is 2.80 bits per heavy atom. The van der Waals surface area contributed by atoms with Crippen molar-refractivity contribution in [1.29, 1.82) is 0 Å². The topological polar surface area (TPSA) is 105 Å². The summed E-state index contributed by atoms with van der Waals surface area (Å²) in [5.41, 5.74) is 0.198. The second-order valence-corrected chi connectivity index (χ2v) is 5.38. The van der Waals surface area contributed by atoms with Crippen molar-refractivity contribution >= 4 is 17.6 Å². The molecule has 0 spiro atoms. The van der Waals surface area contributed by atoms with Crippen molar-refractivity contribution in [3.63, 3.8) is 0 Å². The highest BCUT2D eigenvalue weighted by Gasteiger charge is 2.18. The van der Waals surface area contributed by atoms with Gasteiger partial charge in [-0.05, 0) is 13.3 Å². The number of hydrogen-bond donors (Lipinski definition) is 2. The van der Waals surface area contributed by atoms with E-state index in [1.807, 2.05) is 6.92 Å². The number of amides is 1. The summed E-state index contributed by atoms with van der Waals surface area (Å²) in [6, 6.07) is 0.549. The summed E-state index contributed by atoms with van der Waals surface area (Å²) in [5.74, 6) is -2.97. The second kappa shape index (κ2) is 6.38. The third-order valence-electron chi connectivity index (χ3n) is 3.55. The van der Waals surface area contributed by atoms with Gasteiger partial charge in [0.1, 0.15) is 5.82 Å². The van der Waals surface area contributed by atoms with Crippen LogP contribution in [0, 0.1) is 18.6 Å². The van der Waals surface area contributed by atoms with E-state index in [0.717, 1.165) is 17.1 Å². The highest BCUT2D eigenvalue weighted by atomic mass is 19.1. The van der Waals surface area contributed by atoms with Gasteiger partial charge in [-0.3, -0.25) is 20.0 Å². The average molecular weight is 348 g/mol. The maximum Gasteiger partial charge on any atom is 0.279 e. The minimum absolute atomic E-state index is 0.0743. The summed E-state index contributed by atoms with van der Waals surface area (Å²) in [6.07, 6.45) is 2.06. The molecule has 0 atom stereocenters. The molecule has 0 bridgehead atoms. The fraction of sp³-hybridized carbons (Fsp3) is 0.267. The zero-order valence-corrected chi connectivity index (χ0v) is 13.4. The van der Waals surface area contributed by atoms with E-state index in [9.17, 15) is 18.4 Å². The molecule has 3 rings (SSSR count). The number of carbonyl (C=O) groups is 1. The molecule has 0 saturated heterocycles. The molecule has 0 aliphatic rings. The molecule has 10 heteroatoms. The minimum atomic E-state index is -1.11. The van der Waals surface area contributed by atoms with Crippen molar-refractivity contribution in [2.75, 3.05) is 5.32 Å². The molecule has 3 heterocycles. The van der Waals surface area contributed by atoms with Crippen LogP contribution in [0.15, 0.2) is 17.1 Å². The molecule has 8 nitrogen and oxygen atoms in total. The van der Waals surface area contributed by atoms with E-state index in [4.69, 9.17) is 0 Å². The second-order valence-electron chi connectivity index (χ2n) is 5.38. The number of anilines is 1. The first kappa shape index (κ1) is 16.7. The molecule has 3 aromatic heterocycles. The zero-order valence-electron chi connectivity index (χ0n) is 13.4. The van der Waals surface area contributed by atoms with Crippen molar-refractivity contribution in [1.82, 2.24) is 24.6 Å². The Kier molecular flexibility index (Phi) is 4.26. The first-order chi connectivity index (χ1) is 11.9. The van der Waals surface area contributed by atoms with Crippen LogP contribution in [0.3, 0.4) is 0 Å². The maximum absolute atomic E-state index is 13.6. The van der Waals surface area contributed by atoms with Crippen molar-refractivity contribution < 1.29 is 13.6 Å². The van der Waals surface area contributed by atoms with Gasteiger partial charge in [-0.15, -0.1) is 0 Å². The summed E-state index contributed by atoms with van der Waals surface area (Å²) >= 11 is 0. The molecule has 0 aliphatic heterocycles. The number of carbonyl (C=O) groups excluding carboxylic acids is 1. The van der Waals surface area contributed by atoms with Gasteiger partial charge in [0.25, 0.3) is 17.2 Å². The van der Waals surface area contributed by atoms with Crippen molar-refractivity contribution in [2.45, 2.75) is 26.7 Å². The number of pyridine rings is 1. The predicted octanol–water partition coefficient (Wildman–Crippen LogP) is 1.60. The van der Waals surface area contributed by atoms with Crippen LogP contribution in [0.2, 0.25) is 0 Å². The molecule has 0 fully saturated rings. The van der Waals surface area contributed by atoms with Gasteiger partial charge in [0.15, 0.2) is 11.5 Å². The van der Waals surface area contributed by atoms with Crippen molar-refractivity contribution in [3.05, 3.63) is 51.2 Å². The number of aromatic amines is 1. The van der Waals surface area contributed by atoms with E-state index in [1.165, 1.54) is 0 Å². The number of nitrogens with one attached hydrogen (secondary N) is 2. The van der Waals surface area contributed by atoms with Gasteiger partial charge in [-0.1, -0.05) is 13.3 Å². The summed E-state index contributed by atoms with van der Waals surface area (Å²) in [7, 11) is 0. The van der Waals surface area contributed by atoms with Gasteiger partial charge in [0.05, 0.1) is 11.9 Å². The molecule has 0 aliphatic carbocycles. The molecule has 0 aromatic carbocycles. The lowest BCUT2D eigenvalue weighted by Crippen LogP contribution is -2.22. The Morgan fingerprint density at radius 1 is 1.36 bits per heavy atom. The van der Waals surface area contributed by atoms with Gasteiger partial charge < -0.3 is 0 Å². The van der Waals surface area contributed by atoms with E-state index in [2.05, 4.69) is 25.4 Å². The monoisotopic (exact) mass is 348 g/mol. The summed E-state index contributed by atoms with van der Waals surface area (Å²) in [5, 5.41) is 4.87. The molecule has 0 saturated carbocycles. The quantitative estimate of drug-likeness (QED) is 0.745. The molecular formula is C15H14F2N6O2. The van der Waals surface area contributed by atoms with Gasteiger partial charge in [-0.2, -0.15) is 9.50 Å². The van der Waals surface area contributed by atoms with E-state index in [-0.39, 0.29) is 17.3 Å². The van der Waals surface area contributed by atoms with Gasteiger partial charge in [-0.25, -0.2) is 18.7 Å². The number of fused-ring (bicyclic) bond motifs is 1. The van der Waals surface area contributed by atoms with Crippen LogP contribution >= 0.6 is 0 Å². The number of nitrogens with zero attached hydrogens (tertiary/aromatic N) is 4. The molecular weight excluding hydrogens is 334 g/mol. The standard InChI is InChI=1S/C15H14F2N6O2/c1-3-4-9-7(2)19-15-21-14(22-23(15)13(9)25)20-12(24)11-10(17)5-8(16)6-18-11/h5-6H,3-4H2,1-2H3,(H2,19,20,21,22,24). The van der Waals surface area contributed by atoms with Gasteiger partial charge in [0, 0.05) is 11.6 Å². The highest BCUT2D eigenvalue weighted by molar-refractivity contribution is 6.02. The maximum atomic E-state index is 13.6. The van der Waals surface area contributed by atoms with Crippen LogP contribution in [0.25, 0.3) is 5.78 Å². The first-order valence-corrected chi connectivity index (χ1v) is 7.51. The van der Waals surface area contributed by atoms with E-state index >= 15 is 0 Å². The normalized spacial score (nSPS) is 11.0. The number of halogens is 2. The fourth-order valence-electron chi connectivity index (χ4n) is 2.40. The van der Waals surface area contributed by atoms with Crippen LogP contribution in [0.1, 0.15) is 35.1 Å². The summed E-state index contributed by atoms with van der Waals surface area (Å²) in [6.45, 7) is 3.65. The van der Waals surface area contributed by atoms with E-state index in [0.29, 0.717) is 23.7 Å². The Labute approximate surface area is 139 Å². The largest absolute Gasteiger partial charge is 0.289 e. The predicted molar refractivity (Wildman–Crippen MR) is 84.4 cm³/mol. The molecule has 25 heavy (non-hydrogen) atoms. The van der Waals surface area contributed by atoms with Crippen LogP contribution in [-0.2, 0) is 6.42 Å². The molecule has 3 aromatic rings. The average Bonchev–Trinajstić information content (AvgIpc) is 2.93. The molecule has 0 radical (unpaired) electrons. The lowest BCUT2D eigenvalue weighted by atomic mass is 10.1. The van der Waals surface area contributed by atoms with Crippen LogP contribution in [0.4, 0.5) is 14.7 Å². The molecule has 130 valence electrons.